The molecule has 2 aromatic rings. The summed E-state index contributed by atoms with van der Waals surface area (Å²) in [6.07, 6.45) is 1.48. The molecule has 2 saturated heterocycles. The van der Waals surface area contributed by atoms with Crippen LogP contribution in [0, 0.1) is 5.82 Å². The molecule has 1 unspecified atom stereocenters. The molecule has 3 atom stereocenters. The highest BCUT2D eigenvalue weighted by Gasteiger charge is 2.43. The molecular weight excluding hydrogens is 443 g/mol. The molecule has 0 saturated carbocycles. The number of sulfone groups is 1. The molecule has 180 valence electrons. The second-order valence-corrected chi connectivity index (χ2v) is 11.4. The number of ether oxygens (including phenoxy) is 1. The minimum atomic E-state index is -3.52. The van der Waals surface area contributed by atoms with E-state index in [1.54, 1.807) is 6.07 Å². The number of benzene rings is 2. The number of hydrogen-bond acceptors (Lipinski definition) is 6. The lowest BCUT2D eigenvalue weighted by atomic mass is 9.82. The Balaban J connectivity index is 1.59. The fourth-order valence-electron chi connectivity index (χ4n) is 5.11. The zero-order valence-corrected chi connectivity index (χ0v) is 19.8. The van der Waals surface area contributed by atoms with E-state index in [1.807, 2.05) is 43.3 Å². The molecule has 0 aliphatic carbocycles. The molecule has 3 N–H and O–H groups in total. The molecule has 33 heavy (non-hydrogen) atoms. The topological polar surface area (TPSA) is 87.7 Å². The lowest BCUT2D eigenvalue weighted by molar-refractivity contribution is 0.0347. The summed E-state index contributed by atoms with van der Waals surface area (Å²) in [7, 11) is -3.52. The monoisotopic (exact) mass is 476 g/mol. The van der Waals surface area contributed by atoms with E-state index in [4.69, 9.17) is 4.74 Å². The number of halogens is 1. The van der Waals surface area contributed by atoms with Gasteiger partial charge in [0, 0.05) is 37.9 Å². The van der Waals surface area contributed by atoms with Crippen molar-refractivity contribution in [2.45, 2.75) is 48.3 Å². The van der Waals surface area contributed by atoms with E-state index in [0.717, 1.165) is 11.1 Å². The van der Waals surface area contributed by atoms with Crippen molar-refractivity contribution in [3.05, 3.63) is 71.0 Å². The molecule has 2 aliphatic heterocycles. The van der Waals surface area contributed by atoms with Gasteiger partial charge in [-0.1, -0.05) is 42.5 Å². The van der Waals surface area contributed by atoms with E-state index in [1.165, 1.54) is 6.07 Å². The van der Waals surface area contributed by atoms with Crippen LogP contribution in [0.15, 0.2) is 48.5 Å². The summed E-state index contributed by atoms with van der Waals surface area (Å²) in [6.45, 7) is 3.74. The Bertz CT molecular complexity index is 1040. The van der Waals surface area contributed by atoms with Crippen molar-refractivity contribution < 1.29 is 22.7 Å². The van der Waals surface area contributed by atoms with E-state index in [-0.39, 0.29) is 19.1 Å². The van der Waals surface area contributed by atoms with Gasteiger partial charge in [-0.25, -0.2) is 12.8 Å². The molecule has 4 rings (SSSR count). The van der Waals surface area contributed by atoms with Crippen LogP contribution in [0.1, 0.15) is 41.7 Å². The van der Waals surface area contributed by atoms with E-state index >= 15 is 4.39 Å². The largest absolute Gasteiger partial charge is 0.395 e. The second-order valence-electron chi connectivity index (χ2n) is 9.08. The molecule has 6 nitrogen and oxygen atoms in total. The molecule has 2 heterocycles. The molecule has 2 fully saturated rings. The summed E-state index contributed by atoms with van der Waals surface area (Å²) in [4.78, 5) is 0. The normalized spacial score (nSPS) is 26.7. The Hall–Kier alpha value is -1.84. The molecule has 0 bridgehead atoms. The predicted octanol–water partition coefficient (Wildman–Crippen LogP) is 2.47. The highest BCUT2D eigenvalue weighted by atomic mass is 32.2. The van der Waals surface area contributed by atoms with Crippen molar-refractivity contribution in [1.29, 1.82) is 0 Å². The van der Waals surface area contributed by atoms with Gasteiger partial charge < -0.3 is 20.5 Å². The van der Waals surface area contributed by atoms with Crippen molar-refractivity contribution in [3.8, 4) is 0 Å². The molecule has 2 aliphatic rings. The zero-order valence-electron chi connectivity index (χ0n) is 19.0. The number of hydrogen-bond donors (Lipinski definition) is 3. The zero-order chi connectivity index (χ0) is 23.5. The third-order valence-corrected chi connectivity index (χ3v) is 9.77. The van der Waals surface area contributed by atoms with Crippen LogP contribution in [0.3, 0.4) is 0 Å². The fourth-order valence-corrected chi connectivity index (χ4v) is 7.48. The first-order valence-corrected chi connectivity index (χ1v) is 13.2. The van der Waals surface area contributed by atoms with Crippen LogP contribution in [0.4, 0.5) is 4.39 Å². The molecule has 2 aromatic carbocycles. The summed E-state index contributed by atoms with van der Waals surface area (Å²) in [5.41, 5.74) is 1.51. The first-order valence-electron chi connectivity index (χ1n) is 11.6. The minimum absolute atomic E-state index is 0.00379. The number of aliphatic hydroxyl groups is 1. The van der Waals surface area contributed by atoms with Crippen molar-refractivity contribution in [2.75, 3.05) is 32.9 Å². The molecular formula is C25H33FN2O4S. The van der Waals surface area contributed by atoms with Crippen LogP contribution in [0.25, 0.3) is 0 Å². The van der Waals surface area contributed by atoms with Crippen LogP contribution >= 0.6 is 0 Å². The van der Waals surface area contributed by atoms with E-state index in [2.05, 4.69) is 10.6 Å². The maximum atomic E-state index is 15.3. The van der Waals surface area contributed by atoms with Crippen molar-refractivity contribution in [2.24, 2.45) is 0 Å². The van der Waals surface area contributed by atoms with Crippen LogP contribution in [-0.2, 0) is 26.5 Å². The first-order chi connectivity index (χ1) is 15.9. The van der Waals surface area contributed by atoms with Gasteiger partial charge in [0.2, 0.25) is 0 Å². The molecule has 0 amide bonds. The summed E-state index contributed by atoms with van der Waals surface area (Å²) in [5, 5.41) is 14.6. The summed E-state index contributed by atoms with van der Waals surface area (Å²) >= 11 is 0. The Morgan fingerprint density at radius 1 is 1.18 bits per heavy atom. The summed E-state index contributed by atoms with van der Waals surface area (Å²) in [5.74, 6) is -0.395. The average molecular weight is 477 g/mol. The predicted molar refractivity (Wildman–Crippen MR) is 126 cm³/mol. The SMILES string of the molecule is C[C@@H]1NC[C@@H](c2ccccc2)S(=O)(=O)C1Cc1ccc(C2(NCCO)CCOCC2)cc1F. The van der Waals surface area contributed by atoms with Crippen LogP contribution in [-0.4, -0.2) is 57.7 Å². The van der Waals surface area contributed by atoms with Crippen LogP contribution < -0.4 is 10.6 Å². The molecule has 0 spiro atoms. The van der Waals surface area contributed by atoms with Crippen molar-refractivity contribution >= 4 is 9.84 Å². The van der Waals surface area contributed by atoms with Gasteiger partial charge in [-0.2, -0.15) is 0 Å². The van der Waals surface area contributed by atoms with Crippen LogP contribution in [0.2, 0.25) is 0 Å². The maximum Gasteiger partial charge on any atom is 0.163 e. The summed E-state index contributed by atoms with van der Waals surface area (Å²) < 4.78 is 47.8. The Labute approximate surface area is 195 Å². The van der Waals surface area contributed by atoms with E-state index < -0.39 is 31.7 Å². The lowest BCUT2D eigenvalue weighted by Gasteiger charge is -2.39. The van der Waals surface area contributed by atoms with Crippen molar-refractivity contribution in [3.63, 3.8) is 0 Å². The van der Waals surface area contributed by atoms with Gasteiger partial charge in [-0.3, -0.25) is 0 Å². The molecule has 0 radical (unpaired) electrons. The van der Waals surface area contributed by atoms with Gasteiger partial charge in [-0.05, 0) is 48.9 Å². The smallest absolute Gasteiger partial charge is 0.163 e. The second kappa shape index (κ2) is 10.2. The van der Waals surface area contributed by atoms with Crippen LogP contribution in [0.5, 0.6) is 0 Å². The van der Waals surface area contributed by atoms with E-state index in [0.29, 0.717) is 44.7 Å². The Morgan fingerprint density at radius 3 is 2.58 bits per heavy atom. The van der Waals surface area contributed by atoms with Gasteiger partial charge in [-0.15, -0.1) is 0 Å². The van der Waals surface area contributed by atoms with Gasteiger partial charge in [0.1, 0.15) is 5.82 Å². The molecule has 8 heteroatoms. The van der Waals surface area contributed by atoms with Crippen molar-refractivity contribution in [1.82, 2.24) is 10.6 Å². The van der Waals surface area contributed by atoms with Gasteiger partial charge >= 0.3 is 0 Å². The quantitative estimate of drug-likeness (QED) is 0.569. The third kappa shape index (κ3) is 5.00. The van der Waals surface area contributed by atoms with E-state index in [9.17, 15) is 13.5 Å². The highest BCUT2D eigenvalue weighted by Crippen LogP contribution is 2.35. The lowest BCUT2D eigenvalue weighted by Crippen LogP contribution is -2.53. The number of rotatable bonds is 7. The Morgan fingerprint density at radius 2 is 1.91 bits per heavy atom. The number of aliphatic hydroxyl groups excluding tert-OH is 1. The minimum Gasteiger partial charge on any atom is -0.395 e. The standard InChI is InChI=1S/C25H33FN2O4S/c1-18-23(33(30,31)24(17-27-18)19-5-3-2-4-6-19)15-20-7-8-21(16-22(20)26)25(28-11-12-29)9-13-32-14-10-25/h2-8,16,18,23-24,27-29H,9-15,17H2,1H3/t18-,23?,24-/m0/s1. The average Bonchev–Trinajstić information content (AvgIpc) is 2.82. The summed E-state index contributed by atoms with van der Waals surface area (Å²) in [6, 6.07) is 14.1. The first kappa shape index (κ1) is 24.3. The molecule has 0 aromatic heterocycles. The van der Waals surface area contributed by atoms with Gasteiger partial charge in [0.05, 0.1) is 17.1 Å². The maximum absolute atomic E-state index is 15.3. The highest BCUT2D eigenvalue weighted by molar-refractivity contribution is 7.92. The third-order valence-electron chi connectivity index (χ3n) is 7.12. The number of nitrogens with one attached hydrogen (secondary N) is 2. The fraction of sp³-hybridized carbons (Fsp3) is 0.520. The Kier molecular flexibility index (Phi) is 7.50. The van der Waals surface area contributed by atoms with Gasteiger partial charge in [0.25, 0.3) is 0 Å². The van der Waals surface area contributed by atoms with Gasteiger partial charge in [0.15, 0.2) is 9.84 Å².